The minimum atomic E-state index is -0.395. The molecule has 2 aliphatic carbocycles. The van der Waals surface area contributed by atoms with Gasteiger partial charge in [0.15, 0.2) is 0 Å². The van der Waals surface area contributed by atoms with Crippen molar-refractivity contribution in [1.82, 2.24) is 20.3 Å². The Bertz CT molecular complexity index is 734. The van der Waals surface area contributed by atoms with Crippen molar-refractivity contribution in [3.63, 3.8) is 0 Å². The average Bonchev–Trinajstić information content (AvgIpc) is 3.43. The Morgan fingerprint density at radius 1 is 1.10 bits per heavy atom. The number of hydrogen-bond acceptors (Lipinski definition) is 6. The molecule has 2 amide bonds. The molecule has 2 heterocycles. The standard InChI is InChI=1S/C22H34N4O3S/c1-15(2)23-22(28)29-25-12-10-16(11-13-25)20-24-19(14-30-20)21(27)26(18-8-9-18)17-6-4-3-5-7-17/h14-18H,3-13H2,1-2H3,(H,23,28). The van der Waals surface area contributed by atoms with Crippen LogP contribution in [0.25, 0.3) is 0 Å². The highest BCUT2D eigenvalue weighted by Gasteiger charge is 2.39. The molecule has 1 saturated heterocycles. The van der Waals surface area contributed by atoms with Crippen molar-refractivity contribution < 1.29 is 14.4 Å². The lowest BCUT2D eigenvalue weighted by molar-refractivity contribution is -0.114. The van der Waals surface area contributed by atoms with Crippen molar-refractivity contribution >= 4 is 23.3 Å². The van der Waals surface area contributed by atoms with Crippen LogP contribution in [-0.2, 0) is 4.84 Å². The number of rotatable bonds is 6. The first-order valence-corrected chi connectivity index (χ1v) is 12.4. The molecule has 7 nitrogen and oxygen atoms in total. The third kappa shape index (κ3) is 5.32. The van der Waals surface area contributed by atoms with Gasteiger partial charge in [-0.15, -0.1) is 16.4 Å². The van der Waals surface area contributed by atoms with E-state index in [0.29, 0.717) is 36.8 Å². The quantitative estimate of drug-likeness (QED) is 0.722. The van der Waals surface area contributed by atoms with Gasteiger partial charge in [-0.1, -0.05) is 19.3 Å². The first-order valence-electron chi connectivity index (χ1n) is 11.5. The molecule has 1 aromatic heterocycles. The van der Waals surface area contributed by atoms with E-state index in [-0.39, 0.29) is 11.9 Å². The largest absolute Gasteiger partial charge is 0.426 e. The fourth-order valence-electron chi connectivity index (χ4n) is 4.62. The zero-order valence-corrected chi connectivity index (χ0v) is 19.0. The van der Waals surface area contributed by atoms with E-state index in [0.717, 1.165) is 43.5 Å². The summed E-state index contributed by atoms with van der Waals surface area (Å²) in [6.45, 7) is 5.20. The summed E-state index contributed by atoms with van der Waals surface area (Å²) in [7, 11) is 0. The van der Waals surface area contributed by atoms with E-state index in [2.05, 4.69) is 10.2 Å². The van der Waals surface area contributed by atoms with Crippen molar-refractivity contribution in [1.29, 1.82) is 0 Å². The summed E-state index contributed by atoms with van der Waals surface area (Å²) in [4.78, 5) is 37.4. The number of piperidine rings is 1. The monoisotopic (exact) mass is 434 g/mol. The molecule has 1 aliphatic heterocycles. The van der Waals surface area contributed by atoms with Crippen LogP contribution in [0.1, 0.15) is 93.0 Å². The number of carbonyl (C=O) groups excluding carboxylic acids is 2. The Kier molecular flexibility index (Phi) is 6.93. The Hall–Kier alpha value is -1.67. The Labute approximate surface area is 183 Å². The fourth-order valence-corrected chi connectivity index (χ4v) is 5.59. The second-order valence-electron chi connectivity index (χ2n) is 9.19. The van der Waals surface area contributed by atoms with Gasteiger partial charge in [-0.3, -0.25) is 4.79 Å². The molecule has 0 bridgehead atoms. The van der Waals surface area contributed by atoms with Gasteiger partial charge in [0.05, 0.1) is 5.01 Å². The van der Waals surface area contributed by atoms with Gasteiger partial charge < -0.3 is 15.1 Å². The number of nitrogens with zero attached hydrogens (tertiary/aromatic N) is 3. The molecular weight excluding hydrogens is 400 g/mol. The maximum atomic E-state index is 13.3. The Morgan fingerprint density at radius 3 is 2.40 bits per heavy atom. The Morgan fingerprint density at radius 2 is 1.77 bits per heavy atom. The normalized spacial score (nSPS) is 21.6. The predicted molar refractivity (Wildman–Crippen MR) is 116 cm³/mol. The van der Waals surface area contributed by atoms with E-state index in [4.69, 9.17) is 9.82 Å². The van der Waals surface area contributed by atoms with Crippen molar-refractivity contribution in [2.24, 2.45) is 0 Å². The molecule has 166 valence electrons. The van der Waals surface area contributed by atoms with Crippen LogP contribution < -0.4 is 5.32 Å². The van der Waals surface area contributed by atoms with E-state index in [9.17, 15) is 9.59 Å². The summed E-state index contributed by atoms with van der Waals surface area (Å²) in [6, 6.07) is 0.898. The smallest absolute Gasteiger partial charge is 0.351 e. The summed E-state index contributed by atoms with van der Waals surface area (Å²) in [5.41, 5.74) is 0.627. The molecule has 0 spiro atoms. The molecule has 1 aromatic rings. The topological polar surface area (TPSA) is 74.8 Å². The van der Waals surface area contributed by atoms with E-state index in [1.807, 2.05) is 19.2 Å². The van der Waals surface area contributed by atoms with Crippen molar-refractivity contribution in [2.45, 2.75) is 95.7 Å². The highest BCUT2D eigenvalue weighted by atomic mass is 32.1. The summed E-state index contributed by atoms with van der Waals surface area (Å²) < 4.78 is 0. The highest BCUT2D eigenvalue weighted by molar-refractivity contribution is 7.09. The molecule has 0 aromatic carbocycles. The summed E-state index contributed by atoms with van der Waals surface area (Å²) in [5, 5.41) is 7.47. The molecule has 0 radical (unpaired) electrons. The zero-order chi connectivity index (χ0) is 21.1. The van der Waals surface area contributed by atoms with Crippen LogP contribution in [0.15, 0.2) is 5.38 Å². The van der Waals surface area contributed by atoms with Gasteiger partial charge >= 0.3 is 6.09 Å². The molecule has 3 aliphatic rings. The van der Waals surface area contributed by atoms with Gasteiger partial charge in [0.2, 0.25) is 0 Å². The Balaban J connectivity index is 1.33. The molecule has 4 rings (SSSR count). The minimum Gasteiger partial charge on any atom is -0.351 e. The highest BCUT2D eigenvalue weighted by Crippen LogP contribution is 2.36. The lowest BCUT2D eigenvalue weighted by Gasteiger charge is -2.34. The van der Waals surface area contributed by atoms with Gasteiger partial charge in [-0.25, -0.2) is 9.78 Å². The van der Waals surface area contributed by atoms with Gasteiger partial charge in [0.1, 0.15) is 5.69 Å². The summed E-state index contributed by atoms with van der Waals surface area (Å²) in [5.74, 6) is 0.464. The number of amides is 2. The van der Waals surface area contributed by atoms with Crippen molar-refractivity contribution in [3.05, 3.63) is 16.1 Å². The first-order chi connectivity index (χ1) is 14.5. The zero-order valence-electron chi connectivity index (χ0n) is 18.1. The number of thiazole rings is 1. The minimum absolute atomic E-state index is 0.0603. The van der Waals surface area contributed by atoms with Gasteiger partial charge in [0.25, 0.3) is 5.91 Å². The lowest BCUT2D eigenvalue weighted by Crippen LogP contribution is -2.43. The first kappa shape index (κ1) is 21.6. The number of hydroxylamine groups is 2. The van der Waals surface area contributed by atoms with E-state index in [1.54, 1.807) is 16.4 Å². The second-order valence-corrected chi connectivity index (χ2v) is 10.1. The van der Waals surface area contributed by atoms with Crippen LogP contribution in [0.4, 0.5) is 4.79 Å². The third-order valence-corrected chi connectivity index (χ3v) is 7.31. The van der Waals surface area contributed by atoms with Crippen LogP contribution in [0.3, 0.4) is 0 Å². The predicted octanol–water partition coefficient (Wildman–Crippen LogP) is 4.31. The fraction of sp³-hybridized carbons (Fsp3) is 0.773. The molecule has 0 unspecified atom stereocenters. The maximum Gasteiger partial charge on any atom is 0.426 e. The number of nitrogens with one attached hydrogen (secondary N) is 1. The summed E-state index contributed by atoms with van der Waals surface area (Å²) in [6.07, 6.45) is 9.70. The van der Waals surface area contributed by atoms with E-state index < -0.39 is 6.09 Å². The molecule has 8 heteroatoms. The molecule has 3 fully saturated rings. The molecular formula is C22H34N4O3S. The molecule has 0 atom stereocenters. The van der Waals surface area contributed by atoms with Crippen LogP contribution in [0.5, 0.6) is 0 Å². The van der Waals surface area contributed by atoms with E-state index in [1.165, 1.54) is 19.3 Å². The summed E-state index contributed by atoms with van der Waals surface area (Å²) >= 11 is 1.61. The third-order valence-electron chi connectivity index (χ3n) is 6.31. The lowest BCUT2D eigenvalue weighted by atomic mass is 9.94. The van der Waals surface area contributed by atoms with Crippen molar-refractivity contribution in [2.75, 3.05) is 13.1 Å². The second kappa shape index (κ2) is 9.64. The van der Waals surface area contributed by atoms with Crippen molar-refractivity contribution in [3.8, 4) is 0 Å². The van der Waals surface area contributed by atoms with Crippen LogP contribution in [-0.4, -0.2) is 58.2 Å². The van der Waals surface area contributed by atoms with Crippen LogP contribution >= 0.6 is 11.3 Å². The van der Waals surface area contributed by atoms with Crippen LogP contribution in [0.2, 0.25) is 0 Å². The SMILES string of the molecule is CC(C)NC(=O)ON1CCC(c2nc(C(=O)N(C3CCCCC3)C3CC3)cs2)CC1. The number of aromatic nitrogens is 1. The van der Waals surface area contributed by atoms with Crippen LogP contribution in [0, 0.1) is 0 Å². The number of hydrogen-bond donors (Lipinski definition) is 1. The number of carbonyl (C=O) groups is 2. The van der Waals surface area contributed by atoms with Gasteiger partial charge in [-0.2, -0.15) is 0 Å². The molecule has 30 heavy (non-hydrogen) atoms. The van der Waals surface area contributed by atoms with Gasteiger partial charge in [0, 0.05) is 42.5 Å². The molecule has 2 saturated carbocycles. The molecule has 1 N–H and O–H groups in total. The van der Waals surface area contributed by atoms with E-state index >= 15 is 0 Å². The van der Waals surface area contributed by atoms with Gasteiger partial charge in [-0.05, 0) is 52.4 Å². The maximum absolute atomic E-state index is 13.3. The average molecular weight is 435 g/mol.